The van der Waals surface area contributed by atoms with Gasteiger partial charge in [0.1, 0.15) is 0 Å². The van der Waals surface area contributed by atoms with Crippen LogP contribution < -0.4 is 11.1 Å². The highest BCUT2D eigenvalue weighted by Gasteiger charge is 2.15. The van der Waals surface area contributed by atoms with Gasteiger partial charge in [-0.15, -0.1) is 0 Å². The first-order valence-electron chi connectivity index (χ1n) is 5.73. The summed E-state index contributed by atoms with van der Waals surface area (Å²) in [6, 6.07) is 5.26. The molecule has 1 rings (SSSR count). The molecule has 0 spiro atoms. The first-order chi connectivity index (χ1) is 7.91. The fourth-order valence-electron chi connectivity index (χ4n) is 1.58. The first kappa shape index (κ1) is 14.2. The topological polar surface area (TPSA) is 55.1 Å². The molecule has 0 heterocycles. The van der Waals surface area contributed by atoms with Gasteiger partial charge < -0.3 is 11.1 Å². The van der Waals surface area contributed by atoms with Crippen LogP contribution in [0.2, 0.25) is 0 Å². The Morgan fingerprint density at radius 2 is 2.12 bits per heavy atom. The second-order valence-electron chi connectivity index (χ2n) is 4.64. The second-order valence-corrected chi connectivity index (χ2v) is 5.49. The smallest absolute Gasteiger partial charge is 0.241 e. The molecule has 1 unspecified atom stereocenters. The van der Waals surface area contributed by atoms with E-state index in [1.807, 2.05) is 25.1 Å². The van der Waals surface area contributed by atoms with Crippen molar-refractivity contribution in [2.75, 3.05) is 5.32 Å². The van der Waals surface area contributed by atoms with Crippen LogP contribution in [0.5, 0.6) is 0 Å². The van der Waals surface area contributed by atoms with Gasteiger partial charge in [0.15, 0.2) is 0 Å². The number of nitrogens with two attached hydrogens (primary N) is 1. The lowest BCUT2D eigenvalue weighted by Crippen LogP contribution is -2.36. The quantitative estimate of drug-likeness (QED) is 0.897. The molecule has 0 aliphatic rings. The van der Waals surface area contributed by atoms with Crippen molar-refractivity contribution in [3.63, 3.8) is 0 Å². The maximum Gasteiger partial charge on any atom is 0.241 e. The average Bonchev–Trinajstić information content (AvgIpc) is 2.23. The van der Waals surface area contributed by atoms with Gasteiger partial charge in [-0.3, -0.25) is 4.79 Å². The fourth-order valence-corrected chi connectivity index (χ4v) is 1.95. The van der Waals surface area contributed by atoms with Crippen LogP contribution in [0, 0.1) is 12.8 Å². The van der Waals surface area contributed by atoms with Crippen LogP contribution in [0.25, 0.3) is 0 Å². The Morgan fingerprint density at radius 3 is 2.71 bits per heavy atom. The van der Waals surface area contributed by atoms with Gasteiger partial charge in [0.25, 0.3) is 0 Å². The van der Waals surface area contributed by atoms with E-state index in [1.54, 1.807) is 0 Å². The highest BCUT2D eigenvalue weighted by molar-refractivity contribution is 9.10. The standard InChI is InChI=1S/C13H19BrN2O/c1-8(2)7-11(15)13(17)16-12-6-4-5-10(14)9(12)3/h4-6,8,11H,7,15H2,1-3H3,(H,16,17). The molecule has 1 amide bonds. The molecule has 4 heteroatoms. The molecular weight excluding hydrogens is 280 g/mol. The molecule has 1 aromatic rings. The lowest BCUT2D eigenvalue weighted by Gasteiger charge is -2.15. The van der Waals surface area contributed by atoms with E-state index >= 15 is 0 Å². The van der Waals surface area contributed by atoms with Gasteiger partial charge in [0.05, 0.1) is 6.04 Å². The van der Waals surface area contributed by atoms with Gasteiger partial charge in [-0.25, -0.2) is 0 Å². The van der Waals surface area contributed by atoms with Crippen molar-refractivity contribution >= 4 is 27.5 Å². The van der Waals surface area contributed by atoms with Crippen molar-refractivity contribution in [1.82, 2.24) is 0 Å². The van der Waals surface area contributed by atoms with Crippen molar-refractivity contribution in [3.05, 3.63) is 28.2 Å². The summed E-state index contributed by atoms with van der Waals surface area (Å²) >= 11 is 3.43. The minimum absolute atomic E-state index is 0.125. The van der Waals surface area contributed by atoms with E-state index in [2.05, 4.69) is 35.1 Å². The molecule has 0 fully saturated rings. The Kier molecular flexibility index (Phi) is 5.15. The SMILES string of the molecule is Cc1c(Br)cccc1NC(=O)C(N)CC(C)C. The number of rotatable bonds is 4. The Bertz CT molecular complexity index is 404. The summed E-state index contributed by atoms with van der Waals surface area (Å²) in [7, 11) is 0. The number of benzene rings is 1. The number of nitrogens with one attached hydrogen (secondary N) is 1. The molecule has 1 atom stereocenters. The number of hydrogen-bond acceptors (Lipinski definition) is 2. The molecule has 3 N–H and O–H groups in total. The van der Waals surface area contributed by atoms with Crippen LogP contribution in [0.15, 0.2) is 22.7 Å². The molecule has 17 heavy (non-hydrogen) atoms. The zero-order valence-electron chi connectivity index (χ0n) is 10.5. The third-order valence-electron chi connectivity index (χ3n) is 2.59. The Balaban J connectivity index is 2.71. The fraction of sp³-hybridized carbons (Fsp3) is 0.462. The molecule has 94 valence electrons. The van der Waals surface area contributed by atoms with Crippen LogP contribution in [0.3, 0.4) is 0 Å². The van der Waals surface area contributed by atoms with Gasteiger partial charge >= 0.3 is 0 Å². The largest absolute Gasteiger partial charge is 0.324 e. The van der Waals surface area contributed by atoms with Crippen molar-refractivity contribution in [3.8, 4) is 0 Å². The Labute approximate surface area is 111 Å². The number of carbonyl (C=O) groups is 1. The highest BCUT2D eigenvalue weighted by atomic mass is 79.9. The van der Waals surface area contributed by atoms with E-state index < -0.39 is 6.04 Å². The molecular formula is C13H19BrN2O. The molecule has 3 nitrogen and oxygen atoms in total. The summed E-state index contributed by atoms with van der Waals surface area (Å²) in [6.07, 6.45) is 0.693. The lowest BCUT2D eigenvalue weighted by atomic mass is 10.0. The van der Waals surface area contributed by atoms with Gasteiger partial charge in [-0.2, -0.15) is 0 Å². The minimum atomic E-state index is -0.451. The van der Waals surface area contributed by atoms with Crippen LogP contribution in [-0.4, -0.2) is 11.9 Å². The summed E-state index contributed by atoms with van der Waals surface area (Å²) < 4.78 is 0.979. The predicted molar refractivity (Wildman–Crippen MR) is 74.9 cm³/mol. The lowest BCUT2D eigenvalue weighted by molar-refractivity contribution is -0.117. The van der Waals surface area contributed by atoms with Crippen LogP contribution in [0.4, 0.5) is 5.69 Å². The Morgan fingerprint density at radius 1 is 1.47 bits per heavy atom. The molecule has 0 aromatic heterocycles. The molecule has 0 aliphatic carbocycles. The first-order valence-corrected chi connectivity index (χ1v) is 6.52. The summed E-state index contributed by atoms with van der Waals surface area (Å²) in [5, 5.41) is 2.86. The highest BCUT2D eigenvalue weighted by Crippen LogP contribution is 2.23. The summed E-state index contributed by atoms with van der Waals surface area (Å²) in [5.41, 5.74) is 7.65. The molecule has 0 radical (unpaired) electrons. The Hall–Kier alpha value is -0.870. The number of anilines is 1. The van der Waals surface area contributed by atoms with Crippen LogP contribution >= 0.6 is 15.9 Å². The predicted octanol–water partition coefficient (Wildman–Crippen LogP) is 3.07. The summed E-state index contributed by atoms with van der Waals surface area (Å²) in [6.45, 7) is 6.06. The summed E-state index contributed by atoms with van der Waals surface area (Å²) in [4.78, 5) is 11.9. The molecule has 0 bridgehead atoms. The van der Waals surface area contributed by atoms with Gasteiger partial charge in [-0.1, -0.05) is 35.8 Å². The zero-order chi connectivity index (χ0) is 13.0. The van der Waals surface area contributed by atoms with Crippen molar-refractivity contribution in [2.24, 2.45) is 11.7 Å². The van der Waals surface area contributed by atoms with Crippen molar-refractivity contribution in [2.45, 2.75) is 33.2 Å². The number of carbonyl (C=O) groups excluding carboxylic acids is 1. The summed E-state index contributed by atoms with van der Waals surface area (Å²) in [5.74, 6) is 0.291. The number of halogens is 1. The van der Waals surface area contributed by atoms with E-state index in [1.165, 1.54) is 0 Å². The van der Waals surface area contributed by atoms with Gasteiger partial charge in [0.2, 0.25) is 5.91 Å². The van der Waals surface area contributed by atoms with Gasteiger partial charge in [-0.05, 0) is 37.0 Å². The number of hydrogen-bond donors (Lipinski definition) is 2. The maximum absolute atomic E-state index is 11.9. The maximum atomic E-state index is 11.9. The van der Waals surface area contributed by atoms with E-state index in [-0.39, 0.29) is 5.91 Å². The van der Waals surface area contributed by atoms with Crippen LogP contribution in [-0.2, 0) is 4.79 Å². The van der Waals surface area contributed by atoms with E-state index in [0.29, 0.717) is 12.3 Å². The van der Waals surface area contributed by atoms with Crippen molar-refractivity contribution < 1.29 is 4.79 Å². The van der Waals surface area contributed by atoms with Crippen LogP contribution in [0.1, 0.15) is 25.8 Å². The van der Waals surface area contributed by atoms with Crippen molar-refractivity contribution in [1.29, 1.82) is 0 Å². The number of amides is 1. The van der Waals surface area contributed by atoms with Gasteiger partial charge in [0, 0.05) is 10.2 Å². The normalized spacial score (nSPS) is 12.6. The third kappa shape index (κ3) is 4.13. The minimum Gasteiger partial charge on any atom is -0.324 e. The molecule has 1 aromatic carbocycles. The van der Waals surface area contributed by atoms with E-state index in [9.17, 15) is 4.79 Å². The molecule has 0 aliphatic heterocycles. The molecule has 0 saturated heterocycles. The second kappa shape index (κ2) is 6.17. The average molecular weight is 299 g/mol. The monoisotopic (exact) mass is 298 g/mol. The molecule has 0 saturated carbocycles. The van der Waals surface area contributed by atoms with E-state index in [4.69, 9.17) is 5.73 Å². The zero-order valence-corrected chi connectivity index (χ0v) is 12.0. The van der Waals surface area contributed by atoms with E-state index in [0.717, 1.165) is 15.7 Å². The third-order valence-corrected chi connectivity index (χ3v) is 3.45.